The summed E-state index contributed by atoms with van der Waals surface area (Å²) in [5, 5.41) is 5.99. The smallest absolute Gasteiger partial charge is 0.246 e. The Labute approximate surface area is 85.4 Å². The second-order valence-corrected chi connectivity index (χ2v) is 4.19. The molecule has 0 aromatic carbocycles. The molecule has 0 aromatic rings. The maximum Gasteiger partial charge on any atom is 0.246 e. The summed E-state index contributed by atoms with van der Waals surface area (Å²) in [5.41, 5.74) is 0. The van der Waals surface area contributed by atoms with E-state index in [0.717, 1.165) is 13.1 Å². The molecule has 1 fully saturated rings. The normalized spacial score (nSPS) is 19.1. The third kappa shape index (κ3) is 3.64. The van der Waals surface area contributed by atoms with Gasteiger partial charge in [-0.15, -0.1) is 0 Å². The predicted octanol–water partition coefficient (Wildman–Crippen LogP) is 0.136. The molecule has 1 aliphatic rings. The highest BCUT2D eigenvalue weighted by molar-refractivity contribution is 5.77. The molecule has 1 unspecified atom stereocenters. The number of hydrogen-bond donors (Lipinski definition) is 2. The first kappa shape index (κ1) is 11.5. The average molecular weight is 200 g/mol. The van der Waals surface area contributed by atoms with Crippen molar-refractivity contribution in [2.75, 3.05) is 19.7 Å². The first-order valence-corrected chi connectivity index (χ1v) is 5.21. The molecule has 1 atom stereocenters. The fraction of sp³-hybridized carbons (Fsp3) is 0.900. The number of amides is 1. The highest BCUT2D eigenvalue weighted by Crippen LogP contribution is 2.00. The van der Waals surface area contributed by atoms with Gasteiger partial charge in [-0.25, -0.2) is 0 Å². The lowest BCUT2D eigenvalue weighted by molar-refractivity contribution is -0.129. The Morgan fingerprint density at radius 1 is 1.50 bits per heavy atom. The van der Waals surface area contributed by atoms with Crippen LogP contribution in [0.4, 0.5) is 0 Å². The summed E-state index contributed by atoms with van der Waals surface area (Å²) < 4.78 is 5.35. The number of carbonyl (C=O) groups excluding carboxylic acids is 1. The van der Waals surface area contributed by atoms with Crippen molar-refractivity contribution in [3.63, 3.8) is 0 Å². The van der Waals surface area contributed by atoms with E-state index in [2.05, 4.69) is 24.5 Å². The largest absolute Gasteiger partial charge is 0.366 e. The summed E-state index contributed by atoms with van der Waals surface area (Å²) in [6.45, 7) is 8.10. The van der Waals surface area contributed by atoms with Crippen LogP contribution in [-0.2, 0) is 9.53 Å². The molecular formula is C10H20N2O2. The quantitative estimate of drug-likeness (QED) is 0.663. The number of ether oxygens (including phenoxy) is 1. The van der Waals surface area contributed by atoms with Gasteiger partial charge in [-0.2, -0.15) is 0 Å². The monoisotopic (exact) mass is 200 g/mol. The van der Waals surface area contributed by atoms with Crippen molar-refractivity contribution >= 4 is 5.91 Å². The van der Waals surface area contributed by atoms with Crippen molar-refractivity contribution in [3.05, 3.63) is 0 Å². The molecule has 0 radical (unpaired) electrons. The molecule has 1 saturated heterocycles. The topological polar surface area (TPSA) is 50.4 Å². The fourth-order valence-corrected chi connectivity index (χ4v) is 1.04. The van der Waals surface area contributed by atoms with Gasteiger partial charge in [0, 0.05) is 19.1 Å². The van der Waals surface area contributed by atoms with Crippen LogP contribution in [0.1, 0.15) is 20.8 Å². The van der Waals surface area contributed by atoms with Crippen molar-refractivity contribution in [2.45, 2.75) is 32.9 Å². The number of hydrogen-bond acceptors (Lipinski definition) is 3. The molecule has 14 heavy (non-hydrogen) atoms. The summed E-state index contributed by atoms with van der Waals surface area (Å²) in [6.07, 6.45) is 0.232. The van der Waals surface area contributed by atoms with Crippen molar-refractivity contribution in [1.29, 1.82) is 0 Å². The summed E-state index contributed by atoms with van der Waals surface area (Å²) >= 11 is 0. The highest BCUT2D eigenvalue weighted by atomic mass is 16.5. The van der Waals surface area contributed by atoms with Crippen LogP contribution >= 0.6 is 0 Å². The van der Waals surface area contributed by atoms with Crippen LogP contribution in [0.3, 0.4) is 0 Å². The molecule has 1 heterocycles. The number of carbonyl (C=O) groups is 1. The molecule has 1 rings (SSSR count). The van der Waals surface area contributed by atoms with E-state index in [0.29, 0.717) is 5.92 Å². The molecule has 1 aliphatic heterocycles. The summed E-state index contributed by atoms with van der Waals surface area (Å²) in [6, 6.07) is 0.214. The molecule has 0 saturated carbocycles. The van der Waals surface area contributed by atoms with Crippen molar-refractivity contribution < 1.29 is 9.53 Å². The standard InChI is InChI=1S/C10H20N2O2/c1-7(2)8(3)12-10(13)6-14-9-4-11-5-9/h7-9,11H,4-6H2,1-3H3,(H,12,13). The van der Waals surface area contributed by atoms with E-state index in [1.807, 2.05) is 6.92 Å². The second-order valence-electron chi connectivity index (χ2n) is 4.19. The first-order valence-electron chi connectivity index (χ1n) is 5.21. The summed E-state index contributed by atoms with van der Waals surface area (Å²) in [4.78, 5) is 11.3. The lowest BCUT2D eigenvalue weighted by Crippen LogP contribution is -2.50. The SMILES string of the molecule is CC(C)C(C)NC(=O)COC1CNC1. The molecule has 0 aliphatic carbocycles. The molecule has 4 heteroatoms. The molecule has 2 N–H and O–H groups in total. The lowest BCUT2D eigenvalue weighted by atomic mass is 10.1. The van der Waals surface area contributed by atoms with Gasteiger partial charge in [0.25, 0.3) is 0 Å². The molecule has 0 bridgehead atoms. The Balaban J connectivity index is 2.08. The molecular weight excluding hydrogens is 180 g/mol. The van der Waals surface area contributed by atoms with E-state index in [9.17, 15) is 4.79 Å². The van der Waals surface area contributed by atoms with Crippen LogP contribution in [0.5, 0.6) is 0 Å². The van der Waals surface area contributed by atoms with E-state index in [-0.39, 0.29) is 24.7 Å². The van der Waals surface area contributed by atoms with Gasteiger partial charge >= 0.3 is 0 Å². The second kappa shape index (κ2) is 5.32. The molecule has 0 aromatic heterocycles. The molecule has 0 spiro atoms. The van der Waals surface area contributed by atoms with Crippen LogP contribution in [0, 0.1) is 5.92 Å². The van der Waals surface area contributed by atoms with E-state index in [1.165, 1.54) is 0 Å². The Kier molecular flexibility index (Phi) is 4.35. The zero-order valence-corrected chi connectivity index (χ0v) is 9.17. The van der Waals surface area contributed by atoms with Gasteiger partial charge in [-0.05, 0) is 12.8 Å². The molecule has 1 amide bonds. The van der Waals surface area contributed by atoms with E-state index in [4.69, 9.17) is 4.74 Å². The van der Waals surface area contributed by atoms with E-state index in [1.54, 1.807) is 0 Å². The molecule has 4 nitrogen and oxygen atoms in total. The Hall–Kier alpha value is -0.610. The maximum atomic E-state index is 11.3. The van der Waals surface area contributed by atoms with E-state index < -0.39 is 0 Å². The van der Waals surface area contributed by atoms with Gasteiger partial charge < -0.3 is 15.4 Å². The summed E-state index contributed by atoms with van der Waals surface area (Å²) in [5.74, 6) is 0.447. The van der Waals surface area contributed by atoms with Gasteiger partial charge in [0.2, 0.25) is 5.91 Å². The van der Waals surface area contributed by atoms with Gasteiger partial charge in [-0.3, -0.25) is 4.79 Å². The van der Waals surface area contributed by atoms with Gasteiger partial charge in [0.15, 0.2) is 0 Å². The van der Waals surface area contributed by atoms with Crippen LogP contribution in [0.2, 0.25) is 0 Å². The maximum absolute atomic E-state index is 11.3. The van der Waals surface area contributed by atoms with Crippen molar-refractivity contribution in [2.24, 2.45) is 5.92 Å². The van der Waals surface area contributed by atoms with Crippen LogP contribution < -0.4 is 10.6 Å². The average Bonchev–Trinajstić information content (AvgIpc) is 2.00. The van der Waals surface area contributed by atoms with Gasteiger partial charge in [0.05, 0.1) is 6.10 Å². The first-order chi connectivity index (χ1) is 6.59. The number of rotatable bonds is 5. The minimum absolute atomic E-state index is 0.0156. The van der Waals surface area contributed by atoms with Crippen molar-refractivity contribution in [3.8, 4) is 0 Å². The third-order valence-electron chi connectivity index (χ3n) is 2.58. The minimum Gasteiger partial charge on any atom is -0.366 e. The zero-order valence-electron chi connectivity index (χ0n) is 9.17. The molecule has 82 valence electrons. The van der Waals surface area contributed by atoms with Gasteiger partial charge in [-0.1, -0.05) is 13.8 Å². The zero-order chi connectivity index (χ0) is 10.6. The Bertz CT molecular complexity index is 191. The highest BCUT2D eigenvalue weighted by Gasteiger charge is 2.19. The van der Waals surface area contributed by atoms with Crippen LogP contribution in [0.15, 0.2) is 0 Å². The van der Waals surface area contributed by atoms with Crippen molar-refractivity contribution in [1.82, 2.24) is 10.6 Å². The van der Waals surface area contributed by atoms with Gasteiger partial charge in [0.1, 0.15) is 6.61 Å². The lowest BCUT2D eigenvalue weighted by Gasteiger charge is -2.27. The Morgan fingerprint density at radius 2 is 2.14 bits per heavy atom. The summed E-state index contributed by atoms with van der Waals surface area (Å²) in [7, 11) is 0. The van der Waals surface area contributed by atoms with E-state index >= 15 is 0 Å². The Morgan fingerprint density at radius 3 is 2.57 bits per heavy atom. The number of nitrogens with one attached hydrogen (secondary N) is 2. The minimum atomic E-state index is -0.0156. The fourth-order valence-electron chi connectivity index (χ4n) is 1.04. The predicted molar refractivity (Wildman–Crippen MR) is 55.1 cm³/mol. The van der Waals surface area contributed by atoms with Crippen LogP contribution in [-0.4, -0.2) is 37.7 Å². The third-order valence-corrected chi connectivity index (χ3v) is 2.58. The van der Waals surface area contributed by atoms with Crippen LogP contribution in [0.25, 0.3) is 0 Å².